The number of carbonyl (C=O) groups excluding carboxylic acids is 2. The Kier molecular flexibility index (Phi) is 14.0. The molecule has 6 atom stereocenters. The van der Waals surface area contributed by atoms with Gasteiger partial charge in [-0.1, -0.05) is 80.1 Å². The zero-order valence-electron chi connectivity index (χ0n) is 30.1. The summed E-state index contributed by atoms with van der Waals surface area (Å²) in [5.74, 6) is -0.412. The Hall–Kier alpha value is -4.30. The second-order valence-electron chi connectivity index (χ2n) is 13.4. The van der Waals surface area contributed by atoms with Crippen LogP contribution < -0.4 is 5.73 Å². The highest BCUT2D eigenvalue weighted by atomic mass is 31.2. The van der Waals surface area contributed by atoms with Crippen LogP contribution in [-0.2, 0) is 42.7 Å². The number of carbonyl (C=O) groups is 2. The van der Waals surface area contributed by atoms with Gasteiger partial charge in [0.1, 0.15) is 18.6 Å². The summed E-state index contributed by atoms with van der Waals surface area (Å²) in [6.45, 7) is 3.65. The van der Waals surface area contributed by atoms with E-state index in [9.17, 15) is 29.3 Å². The molecule has 1 fully saturated rings. The van der Waals surface area contributed by atoms with Crippen molar-refractivity contribution in [2.45, 2.75) is 82.9 Å². The maximum absolute atomic E-state index is 14.8. The van der Waals surface area contributed by atoms with E-state index >= 15 is 0 Å². The van der Waals surface area contributed by atoms with Crippen molar-refractivity contribution < 1.29 is 43.3 Å². The van der Waals surface area contributed by atoms with Gasteiger partial charge in [-0.25, -0.2) is 9.59 Å². The van der Waals surface area contributed by atoms with Gasteiger partial charge in [0.25, 0.3) is 0 Å². The third kappa shape index (κ3) is 10.7. The molecule has 2 amide bonds. The number of nitrogens with one attached hydrogen (secondary N) is 1. The lowest BCUT2D eigenvalue weighted by Crippen LogP contribution is -2.51. The van der Waals surface area contributed by atoms with E-state index in [1.807, 2.05) is 85.8 Å². The Morgan fingerprint density at radius 1 is 0.925 bits per heavy atom. The van der Waals surface area contributed by atoms with E-state index in [-0.39, 0.29) is 45.6 Å². The number of fused-ring (bicyclic) bond motifs is 1. The molecule has 1 aliphatic heterocycles. The van der Waals surface area contributed by atoms with E-state index in [1.165, 1.54) is 6.92 Å². The van der Waals surface area contributed by atoms with E-state index < -0.39 is 56.3 Å². The number of aromatic nitrogens is 2. The van der Waals surface area contributed by atoms with E-state index in [0.29, 0.717) is 17.6 Å². The highest BCUT2D eigenvalue weighted by molar-refractivity contribution is 7.52. The van der Waals surface area contributed by atoms with E-state index in [0.717, 1.165) is 28.6 Å². The number of aliphatic hydroxyl groups excluding tert-OH is 2. The van der Waals surface area contributed by atoms with Crippen LogP contribution in [0.15, 0.2) is 78.9 Å². The number of nitrogens with two attached hydrogens (primary N) is 1. The number of ether oxygens (including phenoxy) is 2. The van der Waals surface area contributed by atoms with E-state index in [2.05, 4.69) is 10.2 Å². The fraction of sp³-hybridized carbons (Fsp3) is 0.447. The first kappa shape index (κ1) is 39.9. The van der Waals surface area contributed by atoms with Crippen molar-refractivity contribution in [3.63, 3.8) is 0 Å². The molecule has 1 unspecified atom stereocenters. The number of hydrogen-bond acceptors (Lipinski definition) is 10. The lowest BCUT2D eigenvalue weighted by molar-refractivity contribution is -0.151. The van der Waals surface area contributed by atoms with Crippen LogP contribution in [0.4, 0.5) is 10.6 Å². The van der Waals surface area contributed by atoms with Gasteiger partial charge in [0.15, 0.2) is 11.9 Å². The fourth-order valence-electron chi connectivity index (χ4n) is 6.54. The highest BCUT2D eigenvalue weighted by Crippen LogP contribution is 2.43. The summed E-state index contributed by atoms with van der Waals surface area (Å²) in [4.78, 5) is 40.5. The number of benzene rings is 3. The molecule has 4 aromatic rings. The first-order valence-corrected chi connectivity index (χ1v) is 19.7. The van der Waals surface area contributed by atoms with Crippen LogP contribution in [0.2, 0.25) is 0 Å². The third-order valence-electron chi connectivity index (χ3n) is 9.35. The van der Waals surface area contributed by atoms with Gasteiger partial charge in [-0.15, -0.1) is 0 Å². The first-order valence-electron chi connectivity index (χ1n) is 18.0. The summed E-state index contributed by atoms with van der Waals surface area (Å²) in [6.07, 6.45) is -2.30. The number of unbranched alkanes of at least 4 members (excludes halogenated alkanes) is 1. The number of H-pyrrole nitrogens is 1. The van der Waals surface area contributed by atoms with Crippen molar-refractivity contribution in [2.75, 3.05) is 31.8 Å². The lowest BCUT2D eigenvalue weighted by atomic mass is 9.91. The maximum Gasteiger partial charge on any atom is 0.354 e. The van der Waals surface area contributed by atoms with Crippen molar-refractivity contribution in [1.29, 1.82) is 0 Å². The Morgan fingerprint density at radius 3 is 2.17 bits per heavy atom. The van der Waals surface area contributed by atoms with Crippen LogP contribution in [-0.4, -0.2) is 104 Å². The molecule has 1 aromatic heterocycles. The summed E-state index contributed by atoms with van der Waals surface area (Å²) in [7, 11) is -4.32. The monoisotopic (exact) mass is 751 g/mol. The molecule has 0 spiro atoms. The summed E-state index contributed by atoms with van der Waals surface area (Å²) in [6, 6.07) is 22.5. The number of anilines is 1. The number of rotatable bonds is 18. The van der Waals surface area contributed by atoms with Gasteiger partial charge in [0.05, 0.1) is 24.2 Å². The van der Waals surface area contributed by atoms with Crippen molar-refractivity contribution in [1.82, 2.24) is 20.0 Å². The number of aromatic amines is 1. The molecule has 0 saturated carbocycles. The number of amides is 2. The van der Waals surface area contributed by atoms with Gasteiger partial charge in [-0.2, -0.15) is 5.10 Å². The molecule has 15 heteroatoms. The molecule has 14 nitrogen and oxygen atoms in total. The Morgan fingerprint density at radius 2 is 1.55 bits per heavy atom. The lowest BCUT2D eigenvalue weighted by Gasteiger charge is -2.35. The molecule has 0 aliphatic carbocycles. The van der Waals surface area contributed by atoms with Crippen LogP contribution >= 0.6 is 7.60 Å². The zero-order chi connectivity index (χ0) is 38.0. The number of nitrogens with zero attached hydrogens (tertiary/aromatic N) is 3. The topological polar surface area (TPSA) is 201 Å². The third-order valence-corrected chi connectivity index (χ3v) is 10.5. The average molecular weight is 752 g/mol. The smallest absolute Gasteiger partial charge is 0.354 e. The molecule has 1 aliphatic rings. The molecule has 1 saturated heterocycles. The van der Waals surface area contributed by atoms with Crippen LogP contribution in [0, 0.1) is 0 Å². The molecule has 3 aromatic carbocycles. The molecular formula is C38H50N5O9P. The van der Waals surface area contributed by atoms with Crippen molar-refractivity contribution >= 4 is 36.3 Å². The van der Waals surface area contributed by atoms with Gasteiger partial charge >= 0.3 is 19.6 Å². The number of nitrogen functional groups attached to an aromatic ring is 1. The minimum Gasteiger partial charge on any atom is -0.464 e. The molecular weight excluding hydrogens is 701 g/mol. The molecule has 5 rings (SSSR count). The fourth-order valence-corrected chi connectivity index (χ4v) is 7.54. The van der Waals surface area contributed by atoms with Crippen LogP contribution in [0.1, 0.15) is 49.8 Å². The molecule has 286 valence electrons. The zero-order valence-corrected chi connectivity index (χ0v) is 31.0. The predicted octanol–water partition coefficient (Wildman–Crippen LogP) is 4.63. The first-order chi connectivity index (χ1) is 25.5. The van der Waals surface area contributed by atoms with Gasteiger partial charge in [0, 0.05) is 25.1 Å². The minimum absolute atomic E-state index is 0.0341. The number of hydrogen-bond donors (Lipinski definition) is 5. The van der Waals surface area contributed by atoms with Crippen molar-refractivity contribution in [3.05, 3.63) is 95.6 Å². The van der Waals surface area contributed by atoms with Gasteiger partial charge in [-0.05, 0) is 61.4 Å². The standard InChI is InChI=1S/C38H50N5O9P/c1-3-4-20-51-37(46)26(2)52-53(48,49)25-50-19-11-18-42-32(22-27-12-7-5-8-13-27)34(44)35(45)33(23-28-14-9-6-10-15-28)43(38(42)47)24-29-16-17-31-30(21-29)36(39)41-40-31/h5-10,12-17,21,26,32-35,44-45H,3-4,11,18-20,22-25H2,1-2H3,(H,48,49)(H3,39,40,41)/t26-,32+,33+,34-,35-/m0/s1. The quantitative estimate of drug-likeness (QED) is 0.0540. The normalized spacial score (nSPS) is 21.0. The molecule has 6 N–H and O–H groups in total. The van der Waals surface area contributed by atoms with E-state index in [4.69, 9.17) is 19.7 Å². The molecule has 0 bridgehead atoms. The number of aliphatic hydroxyl groups is 2. The number of esters is 1. The highest BCUT2D eigenvalue weighted by Gasteiger charge is 2.46. The number of urea groups is 1. The Balaban J connectivity index is 1.36. The van der Waals surface area contributed by atoms with Crippen molar-refractivity contribution in [2.24, 2.45) is 0 Å². The largest absolute Gasteiger partial charge is 0.464 e. The molecule has 2 heterocycles. The van der Waals surface area contributed by atoms with Crippen molar-refractivity contribution in [3.8, 4) is 0 Å². The Labute approximate surface area is 309 Å². The van der Waals surface area contributed by atoms with Crippen LogP contribution in [0.5, 0.6) is 0 Å². The predicted molar refractivity (Wildman–Crippen MR) is 200 cm³/mol. The molecule has 53 heavy (non-hydrogen) atoms. The SMILES string of the molecule is CCCCOC(=O)[C@H](C)OP(=O)(O)COCCCN1C(=O)N(Cc2ccc3[nH]nc(N)c3c2)[C@H](Cc2ccccc2)[C@H](O)[C@@H](O)[C@H]1Cc1ccccc1. The van der Waals surface area contributed by atoms with Crippen LogP contribution in [0.25, 0.3) is 10.9 Å². The summed E-state index contributed by atoms with van der Waals surface area (Å²) in [5.41, 5.74) is 9.35. The summed E-state index contributed by atoms with van der Waals surface area (Å²) in [5, 5.41) is 31.5. The summed E-state index contributed by atoms with van der Waals surface area (Å²) >= 11 is 0. The second-order valence-corrected chi connectivity index (χ2v) is 15.1. The van der Waals surface area contributed by atoms with Gasteiger partial charge in [0.2, 0.25) is 0 Å². The average Bonchev–Trinajstić information content (AvgIpc) is 3.50. The van der Waals surface area contributed by atoms with Gasteiger partial charge < -0.3 is 40.1 Å². The second kappa shape index (κ2) is 18.6. The Bertz CT molecular complexity index is 1830. The summed E-state index contributed by atoms with van der Waals surface area (Å²) < 4.78 is 28.4. The maximum atomic E-state index is 14.8. The van der Waals surface area contributed by atoms with E-state index in [1.54, 1.807) is 9.80 Å². The molecule has 0 radical (unpaired) electrons. The minimum atomic E-state index is -4.32. The van der Waals surface area contributed by atoms with Gasteiger partial charge in [-0.3, -0.25) is 14.2 Å². The van der Waals surface area contributed by atoms with Crippen LogP contribution in [0.3, 0.4) is 0 Å².